The van der Waals surface area contributed by atoms with Crippen molar-refractivity contribution in [1.29, 1.82) is 0 Å². The lowest BCUT2D eigenvalue weighted by molar-refractivity contribution is 0.138. The topological polar surface area (TPSA) is 74.4 Å². The molecule has 2 rings (SSSR count). The smallest absolute Gasteiger partial charge is 0.244 e. The van der Waals surface area contributed by atoms with Crippen LogP contribution in [0.4, 0.5) is 0 Å². The van der Waals surface area contributed by atoms with Crippen molar-refractivity contribution in [2.24, 2.45) is 0 Å². The number of hydrogen-bond acceptors (Lipinski definition) is 4. The standard InChI is InChI=1S/C13H23N3O3S/c1-3-19-7-6-16(2)20(17,18)13-8-12(15-10-13)9-14-11-4-5-11/h8,10-11,14-15H,3-7,9H2,1-2H3. The molecule has 1 aliphatic carbocycles. The van der Waals surface area contributed by atoms with Crippen LogP contribution in [0.2, 0.25) is 0 Å². The van der Waals surface area contributed by atoms with Crippen LogP contribution in [0.25, 0.3) is 0 Å². The molecule has 7 heteroatoms. The normalized spacial score (nSPS) is 15.9. The molecule has 1 heterocycles. The summed E-state index contributed by atoms with van der Waals surface area (Å²) < 4.78 is 31.2. The lowest BCUT2D eigenvalue weighted by atomic mass is 10.4. The first kappa shape index (κ1) is 15.5. The number of aromatic amines is 1. The van der Waals surface area contributed by atoms with Crippen molar-refractivity contribution in [3.8, 4) is 0 Å². The number of aromatic nitrogens is 1. The average Bonchev–Trinajstić information content (AvgIpc) is 3.12. The first-order valence-corrected chi connectivity index (χ1v) is 8.42. The van der Waals surface area contributed by atoms with Gasteiger partial charge in [-0.25, -0.2) is 8.42 Å². The monoisotopic (exact) mass is 301 g/mol. The highest BCUT2D eigenvalue weighted by atomic mass is 32.2. The van der Waals surface area contributed by atoms with E-state index >= 15 is 0 Å². The van der Waals surface area contributed by atoms with Gasteiger partial charge in [0.25, 0.3) is 0 Å². The second-order valence-electron chi connectivity index (χ2n) is 5.04. The molecule has 1 saturated carbocycles. The second-order valence-corrected chi connectivity index (χ2v) is 7.08. The molecule has 0 bridgehead atoms. The van der Waals surface area contributed by atoms with E-state index in [1.165, 1.54) is 17.1 Å². The van der Waals surface area contributed by atoms with Gasteiger partial charge in [0, 0.05) is 44.7 Å². The van der Waals surface area contributed by atoms with Gasteiger partial charge in [0.05, 0.1) is 11.5 Å². The van der Waals surface area contributed by atoms with Crippen LogP contribution in [0.3, 0.4) is 0 Å². The molecule has 6 nitrogen and oxygen atoms in total. The van der Waals surface area contributed by atoms with Crippen molar-refractivity contribution in [2.75, 3.05) is 26.8 Å². The fourth-order valence-electron chi connectivity index (χ4n) is 1.85. The highest BCUT2D eigenvalue weighted by molar-refractivity contribution is 7.89. The maximum atomic E-state index is 12.3. The van der Waals surface area contributed by atoms with E-state index in [9.17, 15) is 8.42 Å². The van der Waals surface area contributed by atoms with E-state index in [-0.39, 0.29) is 0 Å². The minimum absolute atomic E-state index is 0.309. The van der Waals surface area contributed by atoms with Crippen molar-refractivity contribution in [3.05, 3.63) is 18.0 Å². The molecule has 2 N–H and O–H groups in total. The highest BCUT2D eigenvalue weighted by Crippen LogP contribution is 2.20. The van der Waals surface area contributed by atoms with Gasteiger partial charge in [0.15, 0.2) is 0 Å². The van der Waals surface area contributed by atoms with Gasteiger partial charge in [-0.15, -0.1) is 0 Å². The first-order valence-electron chi connectivity index (χ1n) is 6.98. The van der Waals surface area contributed by atoms with Gasteiger partial charge in [-0.2, -0.15) is 4.31 Å². The SMILES string of the molecule is CCOCCN(C)S(=O)(=O)c1c[nH]c(CNC2CC2)c1. The second kappa shape index (κ2) is 6.71. The summed E-state index contributed by atoms with van der Waals surface area (Å²) in [5.74, 6) is 0. The van der Waals surface area contributed by atoms with Gasteiger partial charge in [-0.3, -0.25) is 0 Å². The predicted octanol–water partition coefficient (Wildman–Crippen LogP) is 0.924. The molecule has 0 radical (unpaired) electrons. The van der Waals surface area contributed by atoms with E-state index in [1.807, 2.05) is 6.92 Å². The summed E-state index contributed by atoms with van der Waals surface area (Å²) in [7, 11) is -1.85. The van der Waals surface area contributed by atoms with Gasteiger partial charge in [0.2, 0.25) is 10.0 Å². The van der Waals surface area contributed by atoms with Gasteiger partial charge in [-0.05, 0) is 25.8 Å². The molecule has 1 aliphatic rings. The van der Waals surface area contributed by atoms with Crippen molar-refractivity contribution >= 4 is 10.0 Å². The minimum Gasteiger partial charge on any atom is -0.380 e. The van der Waals surface area contributed by atoms with E-state index in [4.69, 9.17) is 4.74 Å². The third kappa shape index (κ3) is 4.05. The van der Waals surface area contributed by atoms with Crippen molar-refractivity contribution < 1.29 is 13.2 Å². The molecular weight excluding hydrogens is 278 g/mol. The summed E-state index contributed by atoms with van der Waals surface area (Å²) in [6.07, 6.45) is 3.98. The summed E-state index contributed by atoms with van der Waals surface area (Å²) in [5.41, 5.74) is 0.897. The zero-order valence-corrected chi connectivity index (χ0v) is 12.9. The molecule has 0 saturated heterocycles. The zero-order valence-electron chi connectivity index (χ0n) is 12.1. The van der Waals surface area contributed by atoms with Gasteiger partial charge in [-0.1, -0.05) is 0 Å². The van der Waals surface area contributed by atoms with Crippen LogP contribution in [-0.2, 0) is 21.3 Å². The first-order chi connectivity index (χ1) is 9.54. The number of ether oxygens (including phenoxy) is 1. The highest BCUT2D eigenvalue weighted by Gasteiger charge is 2.23. The van der Waals surface area contributed by atoms with Crippen molar-refractivity contribution in [1.82, 2.24) is 14.6 Å². The van der Waals surface area contributed by atoms with E-state index in [2.05, 4.69) is 10.3 Å². The molecule has 20 heavy (non-hydrogen) atoms. The largest absolute Gasteiger partial charge is 0.380 e. The van der Waals surface area contributed by atoms with Crippen molar-refractivity contribution in [3.63, 3.8) is 0 Å². The third-order valence-electron chi connectivity index (χ3n) is 3.34. The van der Waals surface area contributed by atoms with Crippen LogP contribution >= 0.6 is 0 Å². The Morgan fingerprint density at radius 1 is 1.50 bits per heavy atom. The van der Waals surface area contributed by atoms with Gasteiger partial charge in [0.1, 0.15) is 0 Å². The summed E-state index contributed by atoms with van der Waals surface area (Å²) in [5, 5.41) is 3.35. The molecule has 1 aromatic rings. The van der Waals surface area contributed by atoms with Crippen LogP contribution in [0.15, 0.2) is 17.2 Å². The Kier molecular flexibility index (Phi) is 5.20. The van der Waals surface area contributed by atoms with Crippen LogP contribution in [0.1, 0.15) is 25.5 Å². The predicted molar refractivity (Wildman–Crippen MR) is 77.0 cm³/mol. The Labute approximate surface area is 120 Å². The Morgan fingerprint density at radius 2 is 2.25 bits per heavy atom. The number of rotatable bonds is 9. The van der Waals surface area contributed by atoms with Crippen molar-refractivity contribution in [2.45, 2.75) is 37.2 Å². The molecule has 114 valence electrons. The summed E-state index contributed by atoms with van der Waals surface area (Å²) >= 11 is 0. The number of sulfonamides is 1. The van der Waals surface area contributed by atoms with Crippen LogP contribution in [0.5, 0.6) is 0 Å². The van der Waals surface area contributed by atoms with E-state index in [1.54, 1.807) is 19.3 Å². The maximum Gasteiger partial charge on any atom is 0.244 e. The number of nitrogens with zero attached hydrogens (tertiary/aromatic N) is 1. The Bertz CT molecular complexity index is 523. The quantitative estimate of drug-likeness (QED) is 0.665. The van der Waals surface area contributed by atoms with E-state index in [0.717, 1.165) is 5.69 Å². The lowest BCUT2D eigenvalue weighted by Crippen LogP contribution is -2.30. The van der Waals surface area contributed by atoms with E-state index < -0.39 is 10.0 Å². The molecule has 0 amide bonds. The molecule has 0 aliphatic heterocycles. The van der Waals surface area contributed by atoms with E-state index in [0.29, 0.717) is 37.2 Å². The van der Waals surface area contributed by atoms with Crippen LogP contribution < -0.4 is 5.32 Å². The minimum atomic E-state index is -3.43. The fourth-order valence-corrected chi connectivity index (χ4v) is 3.02. The molecule has 0 atom stereocenters. The summed E-state index contributed by atoms with van der Waals surface area (Å²) in [4.78, 5) is 3.33. The number of hydrogen-bond donors (Lipinski definition) is 2. The number of likely N-dealkylation sites (N-methyl/N-ethyl adjacent to an activating group) is 1. The molecule has 1 aromatic heterocycles. The Morgan fingerprint density at radius 3 is 2.90 bits per heavy atom. The molecular formula is C13H23N3O3S. The van der Waals surface area contributed by atoms with Crippen LogP contribution in [-0.4, -0.2) is 50.6 Å². The van der Waals surface area contributed by atoms with Gasteiger partial charge < -0.3 is 15.0 Å². The maximum absolute atomic E-state index is 12.3. The van der Waals surface area contributed by atoms with Crippen LogP contribution in [0, 0.1) is 0 Å². The zero-order chi connectivity index (χ0) is 14.6. The number of nitrogens with one attached hydrogen (secondary N) is 2. The lowest BCUT2D eigenvalue weighted by Gasteiger charge is -2.15. The third-order valence-corrected chi connectivity index (χ3v) is 5.17. The Hall–Kier alpha value is -0.890. The fraction of sp³-hybridized carbons (Fsp3) is 0.692. The molecule has 0 spiro atoms. The average molecular weight is 301 g/mol. The molecule has 0 aromatic carbocycles. The molecule has 1 fully saturated rings. The molecule has 0 unspecified atom stereocenters. The van der Waals surface area contributed by atoms with Gasteiger partial charge >= 0.3 is 0 Å². The summed E-state index contributed by atoms with van der Waals surface area (Å²) in [6.45, 7) is 3.93. The Balaban J connectivity index is 1.93. The summed E-state index contributed by atoms with van der Waals surface area (Å²) in [6, 6.07) is 2.30. The number of H-pyrrole nitrogens is 1.